The molecular formula is C15H21BrN2O2. The number of hydrogen-bond donors (Lipinski definition) is 1. The van der Waals surface area contributed by atoms with E-state index in [9.17, 15) is 4.79 Å². The Bertz CT molecular complexity index is 483. The average Bonchev–Trinajstić information content (AvgIpc) is 2.32. The molecule has 0 bridgehead atoms. The number of nitrogens with one attached hydrogen (secondary N) is 1. The third-order valence-electron chi connectivity index (χ3n) is 3.30. The number of carbonyl (C=O) groups excluding carboxylic acids is 1. The van der Waals surface area contributed by atoms with E-state index in [1.54, 1.807) is 0 Å². The Morgan fingerprint density at radius 3 is 2.65 bits per heavy atom. The van der Waals surface area contributed by atoms with Crippen LogP contribution in [-0.2, 0) is 9.53 Å². The van der Waals surface area contributed by atoms with Crippen LogP contribution in [0, 0.1) is 6.92 Å². The van der Waals surface area contributed by atoms with E-state index in [-0.39, 0.29) is 18.1 Å². The van der Waals surface area contributed by atoms with Gasteiger partial charge in [-0.25, -0.2) is 0 Å². The van der Waals surface area contributed by atoms with Crippen molar-refractivity contribution in [3.63, 3.8) is 0 Å². The van der Waals surface area contributed by atoms with E-state index in [1.807, 2.05) is 39.0 Å². The van der Waals surface area contributed by atoms with E-state index >= 15 is 0 Å². The number of carbonyl (C=O) groups is 1. The number of anilines is 1. The van der Waals surface area contributed by atoms with Gasteiger partial charge in [0.05, 0.1) is 18.8 Å². The fraction of sp³-hybridized carbons (Fsp3) is 0.533. The molecular weight excluding hydrogens is 320 g/mol. The molecule has 0 saturated carbocycles. The lowest BCUT2D eigenvalue weighted by Crippen LogP contribution is -2.48. The summed E-state index contributed by atoms with van der Waals surface area (Å²) in [5.74, 6) is 0.0213. The largest absolute Gasteiger partial charge is 0.373 e. The van der Waals surface area contributed by atoms with Gasteiger partial charge in [0, 0.05) is 23.2 Å². The number of morpholine rings is 1. The van der Waals surface area contributed by atoms with Crippen molar-refractivity contribution in [2.24, 2.45) is 0 Å². The molecule has 0 spiro atoms. The summed E-state index contributed by atoms with van der Waals surface area (Å²) in [4.78, 5) is 14.2. The Balaban J connectivity index is 1.90. The molecule has 1 amide bonds. The molecule has 0 aromatic heterocycles. The number of hydrogen-bond acceptors (Lipinski definition) is 3. The fourth-order valence-corrected chi connectivity index (χ4v) is 2.79. The second kappa shape index (κ2) is 6.70. The highest BCUT2D eigenvalue weighted by Gasteiger charge is 2.23. The molecule has 1 N–H and O–H groups in total. The van der Waals surface area contributed by atoms with Crippen molar-refractivity contribution in [1.29, 1.82) is 0 Å². The molecule has 1 saturated heterocycles. The van der Waals surface area contributed by atoms with Gasteiger partial charge in [0.15, 0.2) is 0 Å². The summed E-state index contributed by atoms with van der Waals surface area (Å²) in [6.45, 7) is 8.10. The second-order valence-corrected chi connectivity index (χ2v) is 6.32. The number of amides is 1. The molecule has 20 heavy (non-hydrogen) atoms. The first-order chi connectivity index (χ1) is 9.44. The number of rotatable bonds is 3. The lowest BCUT2D eigenvalue weighted by Gasteiger charge is -2.34. The minimum atomic E-state index is 0.0213. The number of nitrogens with zero attached hydrogens (tertiary/aromatic N) is 1. The first-order valence-corrected chi connectivity index (χ1v) is 7.67. The maximum Gasteiger partial charge on any atom is 0.238 e. The van der Waals surface area contributed by atoms with Crippen LogP contribution in [0.4, 0.5) is 5.69 Å². The number of halogens is 1. The standard InChI is InChI=1S/C15H21BrN2O2/c1-10-6-13(4-5-14(10)16)17-15(19)9-18-7-11(2)20-12(3)8-18/h4-6,11-12H,7-9H2,1-3H3,(H,17,19)/t11-,12-/m1/s1. The molecule has 1 heterocycles. The topological polar surface area (TPSA) is 41.6 Å². The first-order valence-electron chi connectivity index (χ1n) is 6.88. The van der Waals surface area contributed by atoms with Gasteiger partial charge in [0.1, 0.15) is 0 Å². The molecule has 0 unspecified atom stereocenters. The third-order valence-corrected chi connectivity index (χ3v) is 4.19. The fourth-order valence-electron chi connectivity index (χ4n) is 2.54. The zero-order valence-corrected chi connectivity index (χ0v) is 13.7. The lowest BCUT2D eigenvalue weighted by atomic mass is 10.2. The molecule has 0 radical (unpaired) electrons. The van der Waals surface area contributed by atoms with Crippen molar-refractivity contribution < 1.29 is 9.53 Å². The van der Waals surface area contributed by atoms with Gasteiger partial charge in [0.25, 0.3) is 0 Å². The van der Waals surface area contributed by atoms with E-state index in [0.717, 1.165) is 28.8 Å². The number of ether oxygens (including phenoxy) is 1. The summed E-state index contributed by atoms with van der Waals surface area (Å²) in [7, 11) is 0. The van der Waals surface area contributed by atoms with E-state index in [0.29, 0.717) is 6.54 Å². The number of benzene rings is 1. The SMILES string of the molecule is Cc1cc(NC(=O)CN2C[C@@H](C)O[C@H](C)C2)ccc1Br. The Hall–Kier alpha value is -0.910. The molecule has 1 aliphatic heterocycles. The average molecular weight is 341 g/mol. The molecule has 1 aliphatic rings. The van der Waals surface area contributed by atoms with Gasteiger partial charge in [0.2, 0.25) is 5.91 Å². The minimum Gasteiger partial charge on any atom is -0.373 e. The second-order valence-electron chi connectivity index (χ2n) is 5.46. The van der Waals surface area contributed by atoms with Crippen molar-refractivity contribution in [3.05, 3.63) is 28.2 Å². The molecule has 2 rings (SSSR count). The summed E-state index contributed by atoms with van der Waals surface area (Å²) >= 11 is 3.45. The highest BCUT2D eigenvalue weighted by atomic mass is 79.9. The van der Waals surface area contributed by atoms with Crippen LogP contribution >= 0.6 is 15.9 Å². The van der Waals surface area contributed by atoms with Crippen LogP contribution in [0.2, 0.25) is 0 Å². The Kier molecular flexibility index (Phi) is 5.18. The van der Waals surface area contributed by atoms with Crippen LogP contribution in [0.5, 0.6) is 0 Å². The summed E-state index contributed by atoms with van der Waals surface area (Å²) < 4.78 is 6.71. The van der Waals surface area contributed by atoms with Crippen LogP contribution < -0.4 is 5.32 Å². The molecule has 5 heteroatoms. The van der Waals surface area contributed by atoms with E-state index in [1.165, 1.54) is 0 Å². The van der Waals surface area contributed by atoms with Gasteiger partial charge >= 0.3 is 0 Å². The number of aryl methyl sites for hydroxylation is 1. The van der Waals surface area contributed by atoms with E-state index < -0.39 is 0 Å². The van der Waals surface area contributed by atoms with Crippen molar-refractivity contribution in [3.8, 4) is 0 Å². The van der Waals surface area contributed by atoms with Gasteiger partial charge in [-0.2, -0.15) is 0 Å². The van der Waals surface area contributed by atoms with Gasteiger partial charge < -0.3 is 10.1 Å². The first kappa shape index (κ1) is 15.5. The van der Waals surface area contributed by atoms with Crippen LogP contribution in [0.3, 0.4) is 0 Å². The van der Waals surface area contributed by atoms with Crippen LogP contribution in [0.1, 0.15) is 19.4 Å². The molecule has 1 aromatic carbocycles. The molecule has 4 nitrogen and oxygen atoms in total. The highest BCUT2D eigenvalue weighted by molar-refractivity contribution is 9.10. The van der Waals surface area contributed by atoms with Gasteiger partial charge in [-0.3, -0.25) is 9.69 Å². The lowest BCUT2D eigenvalue weighted by molar-refractivity contribution is -0.121. The minimum absolute atomic E-state index is 0.0213. The maximum absolute atomic E-state index is 12.1. The van der Waals surface area contributed by atoms with Crippen LogP contribution in [-0.4, -0.2) is 42.6 Å². The maximum atomic E-state index is 12.1. The molecule has 0 aliphatic carbocycles. The molecule has 1 fully saturated rings. The summed E-state index contributed by atoms with van der Waals surface area (Å²) in [5, 5.41) is 2.94. The summed E-state index contributed by atoms with van der Waals surface area (Å²) in [6.07, 6.45) is 0.364. The van der Waals surface area contributed by atoms with Crippen LogP contribution in [0.25, 0.3) is 0 Å². The normalized spacial score (nSPS) is 23.6. The van der Waals surface area contributed by atoms with Crippen molar-refractivity contribution in [2.75, 3.05) is 25.0 Å². The van der Waals surface area contributed by atoms with E-state index in [4.69, 9.17) is 4.74 Å². The smallest absolute Gasteiger partial charge is 0.238 e. The van der Waals surface area contributed by atoms with Crippen molar-refractivity contribution in [1.82, 2.24) is 4.90 Å². The Labute approximate surface area is 128 Å². The predicted octanol–water partition coefficient (Wildman–Crippen LogP) is 2.81. The van der Waals surface area contributed by atoms with Crippen molar-refractivity contribution in [2.45, 2.75) is 33.0 Å². The quantitative estimate of drug-likeness (QED) is 0.919. The zero-order valence-electron chi connectivity index (χ0n) is 12.1. The third kappa shape index (κ3) is 4.30. The Morgan fingerprint density at radius 2 is 2.05 bits per heavy atom. The highest BCUT2D eigenvalue weighted by Crippen LogP contribution is 2.20. The summed E-state index contributed by atoms with van der Waals surface area (Å²) in [5.41, 5.74) is 1.95. The Morgan fingerprint density at radius 1 is 1.40 bits per heavy atom. The van der Waals surface area contributed by atoms with Crippen LogP contribution in [0.15, 0.2) is 22.7 Å². The summed E-state index contributed by atoms with van der Waals surface area (Å²) in [6, 6.07) is 5.82. The van der Waals surface area contributed by atoms with Gasteiger partial charge in [-0.15, -0.1) is 0 Å². The van der Waals surface area contributed by atoms with E-state index in [2.05, 4.69) is 26.1 Å². The monoisotopic (exact) mass is 340 g/mol. The zero-order chi connectivity index (χ0) is 14.7. The molecule has 110 valence electrons. The van der Waals surface area contributed by atoms with Gasteiger partial charge in [-0.05, 0) is 44.5 Å². The van der Waals surface area contributed by atoms with Crippen molar-refractivity contribution >= 4 is 27.5 Å². The molecule has 1 aromatic rings. The molecule has 2 atom stereocenters. The van der Waals surface area contributed by atoms with Gasteiger partial charge in [-0.1, -0.05) is 15.9 Å². The predicted molar refractivity (Wildman–Crippen MR) is 84.0 cm³/mol.